The molecule has 1 amide bonds. The van der Waals surface area contributed by atoms with Crippen molar-refractivity contribution in [2.45, 2.75) is 19.8 Å². The Hall–Kier alpha value is -2.81. The second kappa shape index (κ2) is 11.3. The van der Waals surface area contributed by atoms with E-state index in [0.29, 0.717) is 28.0 Å². The molecular formula is C26H26ClN3O3S2. The highest BCUT2D eigenvalue weighted by atomic mass is 35.5. The van der Waals surface area contributed by atoms with E-state index >= 15 is 0 Å². The molecule has 6 nitrogen and oxygen atoms in total. The quantitative estimate of drug-likeness (QED) is 0.247. The van der Waals surface area contributed by atoms with Gasteiger partial charge in [-0.25, -0.2) is 4.98 Å². The monoisotopic (exact) mass is 527 g/mol. The summed E-state index contributed by atoms with van der Waals surface area (Å²) in [5.74, 6) is 1.40. The third kappa shape index (κ3) is 5.39. The van der Waals surface area contributed by atoms with E-state index in [-0.39, 0.29) is 18.2 Å². The predicted molar refractivity (Wildman–Crippen MR) is 146 cm³/mol. The molecule has 2 aromatic heterocycles. The highest BCUT2D eigenvalue weighted by molar-refractivity contribution is 7.98. The van der Waals surface area contributed by atoms with Crippen LogP contribution in [0, 0.1) is 6.92 Å². The van der Waals surface area contributed by atoms with Crippen molar-refractivity contribution in [2.75, 3.05) is 30.6 Å². The molecule has 0 atom stereocenters. The first-order chi connectivity index (χ1) is 16.9. The maximum Gasteiger partial charge on any atom is 0.262 e. The van der Waals surface area contributed by atoms with Gasteiger partial charge in [-0.2, -0.15) is 11.8 Å². The Morgan fingerprint density at radius 2 is 1.97 bits per heavy atom. The van der Waals surface area contributed by atoms with Crippen LogP contribution in [-0.2, 0) is 11.2 Å². The van der Waals surface area contributed by atoms with Gasteiger partial charge in [0.05, 0.1) is 19.0 Å². The van der Waals surface area contributed by atoms with E-state index in [4.69, 9.17) is 16.3 Å². The average molecular weight is 528 g/mol. The van der Waals surface area contributed by atoms with E-state index < -0.39 is 0 Å². The van der Waals surface area contributed by atoms with Crippen LogP contribution in [0.3, 0.4) is 0 Å². The molecule has 0 aliphatic rings. The Morgan fingerprint density at radius 3 is 2.63 bits per heavy atom. The number of carbonyl (C=O) groups is 2. The van der Waals surface area contributed by atoms with Gasteiger partial charge >= 0.3 is 0 Å². The minimum atomic E-state index is -0.176. The number of hydrogen-bond donors (Lipinski definition) is 0. The molecule has 0 spiro atoms. The largest absolute Gasteiger partial charge is 0.497 e. The fourth-order valence-electron chi connectivity index (χ4n) is 4.09. The summed E-state index contributed by atoms with van der Waals surface area (Å²) < 4.78 is 7.12. The third-order valence-corrected chi connectivity index (χ3v) is 7.59. The molecule has 0 saturated carbocycles. The molecule has 0 N–H and O–H groups in total. The number of thioether (sulfide) groups is 1. The summed E-state index contributed by atoms with van der Waals surface area (Å²) in [5.41, 5.74) is 2.78. The number of amides is 1. The van der Waals surface area contributed by atoms with Crippen LogP contribution in [0.2, 0.25) is 5.02 Å². The van der Waals surface area contributed by atoms with Crippen molar-refractivity contribution in [1.82, 2.24) is 9.55 Å². The van der Waals surface area contributed by atoms with Crippen LogP contribution in [0.4, 0.5) is 5.13 Å². The molecule has 4 aromatic rings. The number of thiazole rings is 1. The minimum Gasteiger partial charge on any atom is -0.497 e. The summed E-state index contributed by atoms with van der Waals surface area (Å²) in [5, 5.41) is 3.94. The zero-order valence-corrected chi connectivity index (χ0v) is 22.2. The van der Waals surface area contributed by atoms with Crippen LogP contribution in [0.15, 0.2) is 54.0 Å². The molecule has 182 valence electrons. The number of fused-ring (bicyclic) bond motifs is 1. The maximum atomic E-state index is 13.6. The lowest BCUT2D eigenvalue weighted by molar-refractivity contribution is -0.118. The van der Waals surface area contributed by atoms with Gasteiger partial charge in [-0.15, -0.1) is 11.3 Å². The van der Waals surface area contributed by atoms with Gasteiger partial charge in [-0.1, -0.05) is 11.6 Å². The van der Waals surface area contributed by atoms with Gasteiger partial charge in [0.1, 0.15) is 5.75 Å². The molecule has 2 aromatic carbocycles. The number of methoxy groups -OCH3 is 1. The standard InChI is InChI=1S/C26H26ClN3O3S2/c1-17-21(16-24(31)29(12-4-13-34-3)26-28-11-14-35-26)22-15-20(33-2)9-10-23(22)30(17)25(32)18-5-7-19(27)8-6-18/h5-11,14-15H,4,12-13,16H2,1-3H3. The Bertz CT molecular complexity index is 1330. The van der Waals surface area contributed by atoms with Crippen molar-refractivity contribution in [2.24, 2.45) is 0 Å². The molecule has 0 radical (unpaired) electrons. The third-order valence-electron chi connectivity index (χ3n) is 5.85. The van der Waals surface area contributed by atoms with Gasteiger partial charge in [-0.3, -0.25) is 19.1 Å². The van der Waals surface area contributed by atoms with Crippen LogP contribution in [-0.4, -0.2) is 47.0 Å². The van der Waals surface area contributed by atoms with E-state index in [2.05, 4.69) is 11.2 Å². The zero-order chi connectivity index (χ0) is 24.9. The molecule has 35 heavy (non-hydrogen) atoms. The second-order valence-electron chi connectivity index (χ2n) is 7.98. The van der Waals surface area contributed by atoms with Crippen molar-refractivity contribution in [3.05, 3.63) is 75.9 Å². The zero-order valence-electron chi connectivity index (χ0n) is 19.8. The highest BCUT2D eigenvalue weighted by Gasteiger charge is 2.25. The number of rotatable bonds is 9. The summed E-state index contributed by atoms with van der Waals surface area (Å²) in [6.07, 6.45) is 4.78. The number of aromatic nitrogens is 2. The normalized spacial score (nSPS) is 11.1. The van der Waals surface area contributed by atoms with Crippen LogP contribution in [0.5, 0.6) is 5.75 Å². The number of anilines is 1. The van der Waals surface area contributed by atoms with E-state index in [1.54, 1.807) is 58.8 Å². The first-order valence-corrected chi connectivity index (χ1v) is 13.8. The molecular weight excluding hydrogens is 502 g/mol. The fourth-order valence-corrected chi connectivity index (χ4v) is 5.31. The molecule has 0 aliphatic carbocycles. The molecule has 0 aliphatic heterocycles. The van der Waals surface area contributed by atoms with E-state index in [1.165, 1.54) is 11.3 Å². The predicted octanol–water partition coefficient (Wildman–Crippen LogP) is 6.09. The highest BCUT2D eigenvalue weighted by Crippen LogP contribution is 2.32. The first-order valence-electron chi connectivity index (χ1n) is 11.1. The lowest BCUT2D eigenvalue weighted by atomic mass is 10.1. The SMILES string of the molecule is COc1ccc2c(c1)c(CC(=O)N(CCCSC)c1nccs1)c(C)n2C(=O)c1ccc(Cl)cc1. The number of hydrogen-bond acceptors (Lipinski definition) is 6. The van der Waals surface area contributed by atoms with Crippen LogP contribution < -0.4 is 9.64 Å². The number of nitrogens with zero attached hydrogens (tertiary/aromatic N) is 3. The number of benzene rings is 2. The molecule has 0 bridgehead atoms. The Morgan fingerprint density at radius 1 is 1.20 bits per heavy atom. The van der Waals surface area contributed by atoms with E-state index in [0.717, 1.165) is 34.3 Å². The van der Waals surface area contributed by atoms with Crippen molar-refractivity contribution >= 4 is 62.5 Å². The van der Waals surface area contributed by atoms with Crippen LogP contribution in [0.1, 0.15) is 28.0 Å². The number of ether oxygens (including phenoxy) is 1. The molecule has 4 rings (SSSR count). The summed E-state index contributed by atoms with van der Waals surface area (Å²) in [6.45, 7) is 2.47. The van der Waals surface area contributed by atoms with Gasteiger partial charge < -0.3 is 4.74 Å². The molecule has 0 unspecified atom stereocenters. The lowest BCUT2D eigenvalue weighted by Gasteiger charge is -2.20. The van der Waals surface area contributed by atoms with E-state index in [9.17, 15) is 9.59 Å². The van der Waals surface area contributed by atoms with Crippen LogP contribution >= 0.6 is 34.7 Å². The lowest BCUT2D eigenvalue weighted by Crippen LogP contribution is -2.33. The molecule has 0 saturated heterocycles. The Balaban J connectivity index is 1.76. The second-order valence-corrected chi connectivity index (χ2v) is 10.3. The summed E-state index contributed by atoms with van der Waals surface area (Å²) >= 11 is 9.22. The van der Waals surface area contributed by atoms with Gasteiger partial charge in [0, 0.05) is 39.8 Å². The summed E-state index contributed by atoms with van der Waals surface area (Å²) in [4.78, 5) is 33.2. The fraction of sp³-hybridized carbons (Fsp3) is 0.269. The smallest absolute Gasteiger partial charge is 0.262 e. The van der Waals surface area contributed by atoms with Gasteiger partial charge in [0.15, 0.2) is 5.13 Å². The number of carbonyl (C=O) groups excluding carboxylic acids is 2. The average Bonchev–Trinajstić information content (AvgIpc) is 3.48. The Kier molecular flexibility index (Phi) is 8.15. The first kappa shape index (κ1) is 25.3. The summed E-state index contributed by atoms with van der Waals surface area (Å²) in [6, 6.07) is 12.4. The maximum absolute atomic E-state index is 13.6. The Labute approximate surface area is 217 Å². The minimum absolute atomic E-state index is 0.0510. The van der Waals surface area contributed by atoms with Crippen LogP contribution in [0.25, 0.3) is 10.9 Å². The summed E-state index contributed by atoms with van der Waals surface area (Å²) in [7, 11) is 1.60. The molecule has 2 heterocycles. The molecule has 9 heteroatoms. The van der Waals surface area contributed by atoms with Gasteiger partial charge in [-0.05, 0) is 73.4 Å². The number of halogens is 1. The van der Waals surface area contributed by atoms with Crippen molar-refractivity contribution in [3.8, 4) is 5.75 Å². The van der Waals surface area contributed by atoms with Crippen molar-refractivity contribution < 1.29 is 14.3 Å². The topological polar surface area (TPSA) is 64.4 Å². The van der Waals surface area contributed by atoms with E-state index in [1.807, 2.05) is 30.5 Å². The van der Waals surface area contributed by atoms with Gasteiger partial charge in [0.2, 0.25) is 5.91 Å². The molecule has 0 fully saturated rings. The van der Waals surface area contributed by atoms with Gasteiger partial charge in [0.25, 0.3) is 5.91 Å². The van der Waals surface area contributed by atoms with Crippen molar-refractivity contribution in [3.63, 3.8) is 0 Å². The van der Waals surface area contributed by atoms with Crippen molar-refractivity contribution in [1.29, 1.82) is 0 Å².